The zero-order chi connectivity index (χ0) is 7.56. The molecule has 0 spiro atoms. The second-order valence-corrected chi connectivity index (χ2v) is 4.96. The Balaban J connectivity index is 2.36. The first-order valence-corrected chi connectivity index (χ1v) is 5.71. The summed E-state index contributed by atoms with van der Waals surface area (Å²) in [6.45, 7) is 0. The molecule has 0 bridgehead atoms. The van der Waals surface area contributed by atoms with E-state index in [1.165, 1.54) is 6.42 Å². The fourth-order valence-corrected chi connectivity index (χ4v) is 3.14. The van der Waals surface area contributed by atoms with E-state index in [0.29, 0.717) is 16.0 Å². The maximum absolute atomic E-state index is 6.07. The Kier molecular flexibility index (Phi) is 3.68. The van der Waals surface area contributed by atoms with Gasteiger partial charge in [-0.05, 0) is 25.5 Å². The zero-order valence-electron chi connectivity index (χ0n) is 6.02. The van der Waals surface area contributed by atoms with Crippen molar-refractivity contribution in [1.82, 2.24) is 0 Å². The third-order valence-corrected chi connectivity index (χ3v) is 4.15. The molecule has 0 heterocycles. The largest absolute Gasteiger partial charge is 0.160 e. The molecule has 0 aromatic carbocycles. The molecule has 1 saturated carbocycles. The second-order valence-electron chi connectivity index (χ2n) is 2.70. The van der Waals surface area contributed by atoms with E-state index in [-0.39, 0.29) is 0 Å². The summed E-state index contributed by atoms with van der Waals surface area (Å²) in [5.41, 5.74) is 0. The third-order valence-electron chi connectivity index (χ3n) is 1.95. The molecule has 0 aromatic rings. The molecule has 3 unspecified atom stereocenters. The molecule has 1 rings (SSSR count). The van der Waals surface area contributed by atoms with Crippen molar-refractivity contribution >= 4 is 35.0 Å². The average molecular weight is 199 g/mol. The summed E-state index contributed by atoms with van der Waals surface area (Å²) < 4.78 is 0. The first-order valence-electron chi connectivity index (χ1n) is 3.55. The third kappa shape index (κ3) is 2.21. The molecule has 0 saturated heterocycles. The first-order chi connectivity index (χ1) is 4.74. The minimum atomic E-state index is 0.297. The van der Waals surface area contributed by atoms with Crippen LogP contribution in [0.25, 0.3) is 0 Å². The van der Waals surface area contributed by atoms with Gasteiger partial charge in [-0.15, -0.1) is 23.2 Å². The highest BCUT2D eigenvalue weighted by atomic mass is 35.5. The molecule has 0 aliphatic heterocycles. The molecule has 0 radical (unpaired) electrons. The summed E-state index contributed by atoms with van der Waals surface area (Å²) in [5.74, 6) is 0. The van der Waals surface area contributed by atoms with Crippen molar-refractivity contribution in [1.29, 1.82) is 0 Å². The zero-order valence-corrected chi connectivity index (χ0v) is 8.35. The van der Waals surface area contributed by atoms with Gasteiger partial charge in [0.25, 0.3) is 0 Å². The number of rotatable bonds is 1. The fraction of sp³-hybridized carbons (Fsp3) is 1.00. The van der Waals surface area contributed by atoms with E-state index in [1.807, 2.05) is 11.8 Å². The monoisotopic (exact) mass is 198 g/mol. The molecular formula is C7H12Cl2S. The van der Waals surface area contributed by atoms with E-state index >= 15 is 0 Å². The molecule has 1 aliphatic carbocycles. The number of hydrogen-bond donors (Lipinski definition) is 0. The lowest BCUT2D eigenvalue weighted by Gasteiger charge is -2.28. The van der Waals surface area contributed by atoms with Gasteiger partial charge in [0.05, 0.1) is 0 Å². The number of hydrogen-bond acceptors (Lipinski definition) is 1. The molecule has 0 nitrogen and oxygen atoms in total. The van der Waals surface area contributed by atoms with Gasteiger partial charge in [0.2, 0.25) is 0 Å². The number of halogens is 2. The fourth-order valence-electron chi connectivity index (χ4n) is 1.31. The van der Waals surface area contributed by atoms with Gasteiger partial charge in [-0.1, -0.05) is 0 Å². The lowest BCUT2D eigenvalue weighted by molar-refractivity contribution is 0.530. The smallest absolute Gasteiger partial charge is 0.0468 e. The molecule has 3 atom stereocenters. The van der Waals surface area contributed by atoms with Gasteiger partial charge >= 0.3 is 0 Å². The maximum Gasteiger partial charge on any atom is 0.0468 e. The lowest BCUT2D eigenvalue weighted by Crippen LogP contribution is -2.27. The quantitative estimate of drug-likeness (QED) is 0.584. The van der Waals surface area contributed by atoms with Crippen molar-refractivity contribution < 1.29 is 0 Å². The van der Waals surface area contributed by atoms with Gasteiger partial charge in [0.1, 0.15) is 0 Å². The summed E-state index contributed by atoms with van der Waals surface area (Å²) >= 11 is 13.9. The standard InChI is InChI=1S/C7H12Cl2S/c1-10-7-3-2-5(8)4-6(7)9/h5-7H,2-4H2,1H3. The van der Waals surface area contributed by atoms with Crippen LogP contribution in [0.15, 0.2) is 0 Å². The summed E-state index contributed by atoms with van der Waals surface area (Å²) in [6, 6.07) is 0. The van der Waals surface area contributed by atoms with Gasteiger partial charge in [0, 0.05) is 16.0 Å². The van der Waals surface area contributed by atoms with Crippen molar-refractivity contribution in [3.05, 3.63) is 0 Å². The van der Waals surface area contributed by atoms with E-state index in [9.17, 15) is 0 Å². The van der Waals surface area contributed by atoms with Gasteiger partial charge < -0.3 is 0 Å². The van der Waals surface area contributed by atoms with Crippen LogP contribution in [0.5, 0.6) is 0 Å². The predicted octanol–water partition coefficient (Wildman–Crippen LogP) is 3.12. The first kappa shape index (κ1) is 9.02. The Labute approximate surface area is 76.7 Å². The van der Waals surface area contributed by atoms with E-state index in [0.717, 1.165) is 12.8 Å². The highest BCUT2D eigenvalue weighted by molar-refractivity contribution is 7.99. The number of alkyl halides is 2. The Morgan fingerprint density at radius 3 is 2.50 bits per heavy atom. The maximum atomic E-state index is 6.07. The highest BCUT2D eigenvalue weighted by Gasteiger charge is 2.26. The second kappa shape index (κ2) is 4.08. The van der Waals surface area contributed by atoms with Crippen LogP contribution in [0.2, 0.25) is 0 Å². The van der Waals surface area contributed by atoms with Gasteiger partial charge in [-0.25, -0.2) is 0 Å². The summed E-state index contributed by atoms with van der Waals surface area (Å²) in [7, 11) is 0. The van der Waals surface area contributed by atoms with Crippen LogP contribution >= 0.6 is 35.0 Å². The molecule has 1 aliphatic rings. The van der Waals surface area contributed by atoms with Crippen molar-refractivity contribution in [2.24, 2.45) is 0 Å². The van der Waals surface area contributed by atoms with Crippen molar-refractivity contribution in [2.75, 3.05) is 6.26 Å². The normalized spacial score (nSPS) is 41.7. The summed E-state index contributed by atoms with van der Waals surface area (Å²) in [6.07, 6.45) is 5.42. The van der Waals surface area contributed by atoms with Crippen molar-refractivity contribution in [3.63, 3.8) is 0 Å². The van der Waals surface area contributed by atoms with E-state index in [2.05, 4.69) is 6.26 Å². The Morgan fingerprint density at radius 1 is 1.30 bits per heavy atom. The van der Waals surface area contributed by atoms with Gasteiger partial charge in [0.15, 0.2) is 0 Å². The minimum Gasteiger partial charge on any atom is -0.160 e. The predicted molar refractivity (Wildman–Crippen MR) is 50.4 cm³/mol. The lowest BCUT2D eigenvalue weighted by atomic mass is 9.99. The van der Waals surface area contributed by atoms with Crippen LogP contribution in [0, 0.1) is 0 Å². The topological polar surface area (TPSA) is 0 Å². The molecule has 60 valence electrons. The Morgan fingerprint density at radius 2 is 2.00 bits per heavy atom. The van der Waals surface area contributed by atoms with Crippen LogP contribution in [0.4, 0.5) is 0 Å². The SMILES string of the molecule is CSC1CCC(Cl)CC1Cl. The highest BCUT2D eigenvalue weighted by Crippen LogP contribution is 2.33. The van der Waals surface area contributed by atoms with Crippen LogP contribution in [0.3, 0.4) is 0 Å². The molecule has 10 heavy (non-hydrogen) atoms. The molecule has 0 amide bonds. The molecular weight excluding hydrogens is 187 g/mol. The van der Waals surface area contributed by atoms with Crippen LogP contribution < -0.4 is 0 Å². The van der Waals surface area contributed by atoms with E-state index in [1.54, 1.807) is 0 Å². The minimum absolute atomic E-state index is 0.297. The van der Waals surface area contributed by atoms with Crippen molar-refractivity contribution in [3.8, 4) is 0 Å². The van der Waals surface area contributed by atoms with Crippen LogP contribution in [0.1, 0.15) is 19.3 Å². The Hall–Kier alpha value is 0.930. The molecule has 0 N–H and O–H groups in total. The van der Waals surface area contributed by atoms with Crippen LogP contribution in [-0.4, -0.2) is 22.3 Å². The molecule has 1 fully saturated rings. The summed E-state index contributed by atoms with van der Waals surface area (Å²) in [4.78, 5) is 0. The molecule has 0 aromatic heterocycles. The summed E-state index contributed by atoms with van der Waals surface area (Å²) in [5, 5.41) is 1.26. The number of thioether (sulfide) groups is 1. The van der Waals surface area contributed by atoms with E-state index in [4.69, 9.17) is 23.2 Å². The Bertz CT molecular complexity index is 108. The van der Waals surface area contributed by atoms with Gasteiger partial charge in [-0.2, -0.15) is 11.8 Å². The van der Waals surface area contributed by atoms with Crippen molar-refractivity contribution in [2.45, 2.75) is 35.3 Å². The van der Waals surface area contributed by atoms with Crippen LogP contribution in [-0.2, 0) is 0 Å². The van der Waals surface area contributed by atoms with Gasteiger partial charge in [-0.3, -0.25) is 0 Å². The average Bonchev–Trinajstić information content (AvgIpc) is 1.88. The molecule has 3 heteroatoms. The van der Waals surface area contributed by atoms with E-state index < -0.39 is 0 Å².